The lowest BCUT2D eigenvalue weighted by Gasteiger charge is -2.16. The number of hydrogen-bond donors (Lipinski definition) is 2. The molecule has 0 aliphatic heterocycles. The van der Waals surface area contributed by atoms with Crippen LogP contribution in [0.25, 0.3) is 0 Å². The van der Waals surface area contributed by atoms with E-state index in [0.29, 0.717) is 16.6 Å². The molecule has 2 nitrogen and oxygen atoms in total. The van der Waals surface area contributed by atoms with E-state index in [9.17, 15) is 0 Å². The Kier molecular flexibility index (Phi) is 4.33. The molecule has 19 heavy (non-hydrogen) atoms. The molecule has 0 radical (unpaired) electrons. The predicted octanol–water partition coefficient (Wildman–Crippen LogP) is 4.45. The molecule has 2 aromatic rings. The van der Waals surface area contributed by atoms with Gasteiger partial charge in [0.05, 0.1) is 10.7 Å². The van der Waals surface area contributed by atoms with Gasteiger partial charge in [-0.25, -0.2) is 0 Å². The summed E-state index contributed by atoms with van der Waals surface area (Å²) in [6.07, 6.45) is 0. The number of halogens is 1. The zero-order valence-electron chi connectivity index (χ0n) is 11.3. The Balaban J connectivity index is 2.05. The fourth-order valence-corrected chi connectivity index (χ4v) is 2.22. The number of hydrogen-bond acceptors (Lipinski definition) is 2. The molecule has 100 valence electrons. The van der Waals surface area contributed by atoms with Crippen molar-refractivity contribution >= 4 is 23.0 Å². The van der Waals surface area contributed by atoms with Crippen molar-refractivity contribution in [2.45, 2.75) is 19.8 Å². The van der Waals surface area contributed by atoms with Gasteiger partial charge in [0.2, 0.25) is 0 Å². The number of nitrogens with one attached hydrogen (secondary N) is 1. The van der Waals surface area contributed by atoms with Crippen LogP contribution in [-0.4, -0.2) is 6.54 Å². The molecular weight excluding hydrogens is 256 g/mol. The van der Waals surface area contributed by atoms with Gasteiger partial charge in [-0.15, -0.1) is 0 Å². The fraction of sp³-hybridized carbons (Fsp3) is 0.250. The third-order valence-electron chi connectivity index (χ3n) is 3.31. The van der Waals surface area contributed by atoms with Gasteiger partial charge in [0.15, 0.2) is 0 Å². The molecule has 0 saturated carbocycles. The molecule has 0 aromatic heterocycles. The molecule has 0 fully saturated rings. The molecule has 3 N–H and O–H groups in total. The molecule has 0 amide bonds. The molecule has 1 unspecified atom stereocenters. The molecule has 0 aliphatic rings. The van der Waals surface area contributed by atoms with E-state index in [1.54, 1.807) is 0 Å². The standard InChI is InChI=1S/C16H19ClN2/c1-11-8-15(18)14(17)9-16(11)19-10-12(2)13-6-4-3-5-7-13/h3-9,12,19H,10,18H2,1-2H3. The van der Waals surface area contributed by atoms with Crippen LogP contribution in [0.3, 0.4) is 0 Å². The first-order chi connectivity index (χ1) is 9.08. The van der Waals surface area contributed by atoms with Crippen LogP contribution in [0, 0.1) is 6.92 Å². The minimum absolute atomic E-state index is 0.442. The molecule has 0 aliphatic carbocycles. The average Bonchev–Trinajstić information content (AvgIpc) is 2.42. The molecule has 0 spiro atoms. The Morgan fingerprint density at radius 3 is 2.58 bits per heavy atom. The van der Waals surface area contributed by atoms with E-state index in [-0.39, 0.29) is 0 Å². The molecular formula is C16H19ClN2. The number of nitrogen functional groups attached to an aromatic ring is 1. The quantitative estimate of drug-likeness (QED) is 0.809. The second kappa shape index (κ2) is 5.98. The van der Waals surface area contributed by atoms with Gasteiger partial charge >= 0.3 is 0 Å². The van der Waals surface area contributed by atoms with Gasteiger partial charge in [-0.3, -0.25) is 0 Å². The van der Waals surface area contributed by atoms with E-state index < -0.39 is 0 Å². The van der Waals surface area contributed by atoms with Crippen LogP contribution in [0.5, 0.6) is 0 Å². The van der Waals surface area contributed by atoms with Gasteiger partial charge in [0, 0.05) is 12.2 Å². The normalized spacial score (nSPS) is 12.2. The number of rotatable bonds is 4. The lowest BCUT2D eigenvalue weighted by Crippen LogP contribution is -2.10. The van der Waals surface area contributed by atoms with E-state index in [1.807, 2.05) is 25.1 Å². The van der Waals surface area contributed by atoms with Crippen LogP contribution in [0.2, 0.25) is 5.02 Å². The van der Waals surface area contributed by atoms with Gasteiger partial charge in [-0.1, -0.05) is 48.9 Å². The third kappa shape index (κ3) is 3.42. The zero-order valence-corrected chi connectivity index (χ0v) is 12.0. The Morgan fingerprint density at radius 1 is 1.21 bits per heavy atom. The fourth-order valence-electron chi connectivity index (χ4n) is 2.06. The van der Waals surface area contributed by atoms with Gasteiger partial charge in [0.25, 0.3) is 0 Å². The summed E-state index contributed by atoms with van der Waals surface area (Å²) < 4.78 is 0. The Bertz CT molecular complexity index is 552. The molecule has 2 rings (SSSR count). The largest absolute Gasteiger partial charge is 0.398 e. The summed E-state index contributed by atoms with van der Waals surface area (Å²) in [7, 11) is 0. The van der Waals surface area contributed by atoms with Crippen molar-refractivity contribution in [1.82, 2.24) is 0 Å². The summed E-state index contributed by atoms with van der Waals surface area (Å²) in [5.74, 6) is 0.442. The Hall–Kier alpha value is -1.67. The molecule has 0 bridgehead atoms. The van der Waals surface area contributed by atoms with E-state index in [0.717, 1.165) is 17.8 Å². The van der Waals surface area contributed by atoms with Crippen molar-refractivity contribution in [3.8, 4) is 0 Å². The highest BCUT2D eigenvalue weighted by Crippen LogP contribution is 2.27. The molecule has 1 atom stereocenters. The molecule has 2 aromatic carbocycles. The highest BCUT2D eigenvalue weighted by atomic mass is 35.5. The lowest BCUT2D eigenvalue weighted by molar-refractivity contribution is 0.804. The lowest BCUT2D eigenvalue weighted by atomic mass is 10.0. The second-order valence-corrected chi connectivity index (χ2v) is 5.29. The first kappa shape index (κ1) is 13.8. The zero-order chi connectivity index (χ0) is 13.8. The van der Waals surface area contributed by atoms with Gasteiger partial charge < -0.3 is 11.1 Å². The number of aryl methyl sites for hydroxylation is 1. The van der Waals surface area contributed by atoms with Crippen molar-refractivity contribution in [2.75, 3.05) is 17.6 Å². The minimum atomic E-state index is 0.442. The van der Waals surface area contributed by atoms with Crippen molar-refractivity contribution in [1.29, 1.82) is 0 Å². The van der Waals surface area contributed by atoms with Crippen molar-refractivity contribution in [3.63, 3.8) is 0 Å². The topological polar surface area (TPSA) is 38.0 Å². The van der Waals surface area contributed by atoms with Gasteiger partial charge in [0.1, 0.15) is 0 Å². The summed E-state index contributed by atoms with van der Waals surface area (Å²) in [6.45, 7) is 5.10. The monoisotopic (exact) mass is 274 g/mol. The van der Waals surface area contributed by atoms with E-state index >= 15 is 0 Å². The van der Waals surface area contributed by atoms with Crippen LogP contribution < -0.4 is 11.1 Å². The number of benzene rings is 2. The summed E-state index contributed by atoms with van der Waals surface area (Å²) in [4.78, 5) is 0. The summed E-state index contributed by atoms with van der Waals surface area (Å²) in [5, 5.41) is 4.04. The SMILES string of the molecule is Cc1cc(N)c(Cl)cc1NCC(C)c1ccccc1. The first-order valence-electron chi connectivity index (χ1n) is 6.42. The second-order valence-electron chi connectivity index (χ2n) is 4.88. The Labute approximate surface area is 119 Å². The third-order valence-corrected chi connectivity index (χ3v) is 3.64. The highest BCUT2D eigenvalue weighted by molar-refractivity contribution is 6.33. The summed E-state index contributed by atoms with van der Waals surface area (Å²) in [6, 6.07) is 14.3. The van der Waals surface area contributed by atoms with Gasteiger partial charge in [-0.2, -0.15) is 0 Å². The van der Waals surface area contributed by atoms with E-state index in [4.69, 9.17) is 17.3 Å². The molecule has 0 heterocycles. The van der Waals surface area contributed by atoms with Crippen molar-refractivity contribution < 1.29 is 0 Å². The van der Waals surface area contributed by atoms with Crippen molar-refractivity contribution in [2.24, 2.45) is 0 Å². The van der Waals surface area contributed by atoms with Gasteiger partial charge in [-0.05, 0) is 36.1 Å². The van der Waals surface area contributed by atoms with Crippen LogP contribution in [-0.2, 0) is 0 Å². The maximum Gasteiger partial charge on any atom is 0.0656 e. The maximum atomic E-state index is 6.05. The van der Waals surface area contributed by atoms with E-state index in [2.05, 4.69) is 36.5 Å². The minimum Gasteiger partial charge on any atom is -0.398 e. The first-order valence-corrected chi connectivity index (χ1v) is 6.80. The van der Waals surface area contributed by atoms with Crippen LogP contribution >= 0.6 is 11.6 Å². The van der Waals surface area contributed by atoms with Crippen molar-refractivity contribution in [3.05, 3.63) is 58.6 Å². The van der Waals surface area contributed by atoms with E-state index in [1.165, 1.54) is 5.56 Å². The van der Waals surface area contributed by atoms with Crippen LogP contribution in [0.4, 0.5) is 11.4 Å². The Morgan fingerprint density at radius 2 is 1.89 bits per heavy atom. The maximum absolute atomic E-state index is 6.05. The highest BCUT2D eigenvalue weighted by Gasteiger charge is 2.07. The number of nitrogens with two attached hydrogens (primary N) is 1. The van der Waals surface area contributed by atoms with Crippen LogP contribution in [0.1, 0.15) is 24.0 Å². The number of anilines is 2. The molecule has 0 saturated heterocycles. The average molecular weight is 275 g/mol. The molecule has 3 heteroatoms. The smallest absolute Gasteiger partial charge is 0.0656 e. The van der Waals surface area contributed by atoms with Crippen LogP contribution in [0.15, 0.2) is 42.5 Å². The summed E-state index contributed by atoms with van der Waals surface area (Å²) in [5.41, 5.74) is 9.89. The predicted molar refractivity (Wildman–Crippen MR) is 83.9 cm³/mol. The summed E-state index contributed by atoms with van der Waals surface area (Å²) >= 11 is 6.05.